The van der Waals surface area contributed by atoms with E-state index >= 15 is 0 Å². The van der Waals surface area contributed by atoms with Gasteiger partial charge in [0.05, 0.1) is 0 Å². The standard InChI is InChI=1S/C16H27NO/c1-13-6-8-14(9-7-13)15(2,3)12-17-16(4,5)10-11-18/h6-9,17-18H,10-12H2,1-5H3. The number of aryl methyl sites for hydroxylation is 1. The van der Waals surface area contributed by atoms with Gasteiger partial charge in [0.25, 0.3) is 0 Å². The van der Waals surface area contributed by atoms with Gasteiger partial charge in [-0.1, -0.05) is 43.7 Å². The van der Waals surface area contributed by atoms with E-state index in [9.17, 15) is 0 Å². The van der Waals surface area contributed by atoms with Gasteiger partial charge in [0.15, 0.2) is 0 Å². The largest absolute Gasteiger partial charge is 0.396 e. The minimum Gasteiger partial charge on any atom is -0.396 e. The zero-order chi connectivity index (χ0) is 13.8. The molecule has 0 amide bonds. The molecule has 102 valence electrons. The third-order valence-corrected chi connectivity index (χ3v) is 3.58. The fourth-order valence-corrected chi connectivity index (χ4v) is 1.93. The van der Waals surface area contributed by atoms with E-state index in [1.165, 1.54) is 11.1 Å². The van der Waals surface area contributed by atoms with Crippen LogP contribution in [0.5, 0.6) is 0 Å². The minimum absolute atomic E-state index is 0.0171. The van der Waals surface area contributed by atoms with E-state index < -0.39 is 0 Å². The van der Waals surface area contributed by atoms with Crippen molar-refractivity contribution in [2.75, 3.05) is 13.2 Å². The van der Waals surface area contributed by atoms with E-state index in [0.29, 0.717) is 0 Å². The van der Waals surface area contributed by atoms with Crippen LogP contribution in [0.2, 0.25) is 0 Å². The van der Waals surface area contributed by atoms with Crippen molar-refractivity contribution in [2.45, 2.75) is 52.0 Å². The van der Waals surface area contributed by atoms with E-state index in [4.69, 9.17) is 5.11 Å². The molecule has 0 saturated heterocycles. The van der Waals surface area contributed by atoms with Gasteiger partial charge in [-0.3, -0.25) is 0 Å². The predicted octanol–water partition coefficient (Wildman–Crippen LogP) is 3.02. The highest BCUT2D eigenvalue weighted by Gasteiger charge is 2.24. The molecule has 0 atom stereocenters. The van der Waals surface area contributed by atoms with Crippen LogP contribution in [0.1, 0.15) is 45.2 Å². The molecule has 0 fully saturated rings. The number of nitrogens with one attached hydrogen (secondary N) is 1. The first-order chi connectivity index (χ1) is 8.27. The molecule has 0 saturated carbocycles. The fourth-order valence-electron chi connectivity index (χ4n) is 1.93. The smallest absolute Gasteiger partial charge is 0.0448 e. The Labute approximate surface area is 111 Å². The van der Waals surface area contributed by atoms with Crippen LogP contribution >= 0.6 is 0 Å². The molecule has 0 unspecified atom stereocenters. The summed E-state index contributed by atoms with van der Waals surface area (Å²) in [7, 11) is 0. The van der Waals surface area contributed by atoms with Crippen molar-refractivity contribution in [3.8, 4) is 0 Å². The molecule has 0 bridgehead atoms. The molecule has 2 N–H and O–H groups in total. The van der Waals surface area contributed by atoms with Crippen molar-refractivity contribution in [1.82, 2.24) is 5.32 Å². The zero-order valence-corrected chi connectivity index (χ0v) is 12.4. The molecule has 2 nitrogen and oxygen atoms in total. The van der Waals surface area contributed by atoms with Crippen LogP contribution in [-0.4, -0.2) is 23.8 Å². The summed E-state index contributed by atoms with van der Waals surface area (Å²) in [4.78, 5) is 0. The van der Waals surface area contributed by atoms with Gasteiger partial charge < -0.3 is 10.4 Å². The molecule has 18 heavy (non-hydrogen) atoms. The Balaban J connectivity index is 2.67. The number of rotatable bonds is 6. The SMILES string of the molecule is Cc1ccc(C(C)(C)CNC(C)(C)CCO)cc1. The molecule has 0 radical (unpaired) electrons. The van der Waals surface area contributed by atoms with Gasteiger partial charge in [0.1, 0.15) is 0 Å². The van der Waals surface area contributed by atoms with Gasteiger partial charge in [-0.15, -0.1) is 0 Å². The molecule has 0 spiro atoms. The fraction of sp³-hybridized carbons (Fsp3) is 0.625. The van der Waals surface area contributed by atoms with E-state index in [1.807, 2.05) is 0 Å². The molecular weight excluding hydrogens is 222 g/mol. The lowest BCUT2D eigenvalue weighted by Crippen LogP contribution is -2.46. The van der Waals surface area contributed by atoms with Crippen LogP contribution in [-0.2, 0) is 5.41 Å². The number of aliphatic hydroxyl groups excluding tert-OH is 1. The second-order valence-electron chi connectivity index (χ2n) is 6.46. The lowest BCUT2D eigenvalue weighted by Gasteiger charge is -2.33. The first-order valence-electron chi connectivity index (χ1n) is 6.70. The molecule has 1 rings (SSSR count). The number of benzene rings is 1. The van der Waals surface area contributed by atoms with Crippen molar-refractivity contribution >= 4 is 0 Å². The number of hydrogen-bond acceptors (Lipinski definition) is 2. The van der Waals surface area contributed by atoms with Crippen LogP contribution in [0.25, 0.3) is 0 Å². The second-order valence-corrected chi connectivity index (χ2v) is 6.46. The first kappa shape index (κ1) is 15.2. The summed E-state index contributed by atoms with van der Waals surface area (Å²) in [5.74, 6) is 0. The number of hydrogen-bond donors (Lipinski definition) is 2. The summed E-state index contributed by atoms with van der Waals surface area (Å²) in [5.41, 5.74) is 2.72. The average molecular weight is 249 g/mol. The Morgan fingerprint density at radius 1 is 1.06 bits per heavy atom. The van der Waals surface area contributed by atoms with Gasteiger partial charge >= 0.3 is 0 Å². The monoisotopic (exact) mass is 249 g/mol. The highest BCUT2D eigenvalue weighted by atomic mass is 16.3. The van der Waals surface area contributed by atoms with Crippen LogP contribution in [0.4, 0.5) is 0 Å². The molecule has 1 aromatic carbocycles. The summed E-state index contributed by atoms with van der Waals surface area (Å²) in [5, 5.41) is 12.6. The van der Waals surface area contributed by atoms with Gasteiger partial charge in [-0.05, 0) is 32.8 Å². The van der Waals surface area contributed by atoms with E-state index in [1.54, 1.807) is 0 Å². The van der Waals surface area contributed by atoms with Crippen molar-refractivity contribution in [2.24, 2.45) is 0 Å². The van der Waals surface area contributed by atoms with Crippen LogP contribution in [0.15, 0.2) is 24.3 Å². The number of aliphatic hydroxyl groups is 1. The summed E-state index contributed by atoms with van der Waals surface area (Å²) < 4.78 is 0. The lowest BCUT2D eigenvalue weighted by atomic mass is 9.83. The first-order valence-corrected chi connectivity index (χ1v) is 6.70. The van der Waals surface area contributed by atoms with Crippen molar-refractivity contribution in [3.63, 3.8) is 0 Å². The minimum atomic E-state index is -0.0171. The van der Waals surface area contributed by atoms with Crippen LogP contribution in [0, 0.1) is 6.92 Å². The molecule has 0 aromatic heterocycles. The van der Waals surface area contributed by atoms with E-state index in [2.05, 4.69) is 64.2 Å². The topological polar surface area (TPSA) is 32.3 Å². The Bertz CT molecular complexity index is 365. The average Bonchev–Trinajstić information content (AvgIpc) is 2.27. The second kappa shape index (κ2) is 5.85. The molecule has 0 aliphatic rings. The van der Waals surface area contributed by atoms with E-state index in [-0.39, 0.29) is 17.6 Å². The Morgan fingerprint density at radius 3 is 2.11 bits per heavy atom. The third-order valence-electron chi connectivity index (χ3n) is 3.58. The van der Waals surface area contributed by atoms with Gasteiger partial charge in [0, 0.05) is 24.1 Å². The Kier molecular flexibility index (Phi) is 4.94. The molecule has 0 heterocycles. The Morgan fingerprint density at radius 2 is 1.61 bits per heavy atom. The Hall–Kier alpha value is -0.860. The van der Waals surface area contributed by atoms with Crippen molar-refractivity contribution in [1.29, 1.82) is 0 Å². The maximum Gasteiger partial charge on any atom is 0.0448 e. The lowest BCUT2D eigenvalue weighted by molar-refractivity contribution is 0.223. The summed E-state index contributed by atoms with van der Waals surface area (Å²) >= 11 is 0. The molecule has 1 aromatic rings. The quantitative estimate of drug-likeness (QED) is 0.812. The zero-order valence-electron chi connectivity index (χ0n) is 12.4. The molecule has 2 heteroatoms. The maximum atomic E-state index is 9.04. The highest BCUT2D eigenvalue weighted by Crippen LogP contribution is 2.23. The van der Waals surface area contributed by atoms with Gasteiger partial charge in [-0.2, -0.15) is 0 Å². The summed E-state index contributed by atoms with van der Waals surface area (Å²) in [6.07, 6.45) is 0.775. The summed E-state index contributed by atoms with van der Waals surface area (Å²) in [6.45, 7) is 12.0. The van der Waals surface area contributed by atoms with E-state index in [0.717, 1.165) is 13.0 Å². The molecule has 0 aliphatic heterocycles. The molecular formula is C16H27NO. The molecule has 0 aliphatic carbocycles. The predicted molar refractivity (Wildman–Crippen MR) is 78.0 cm³/mol. The highest BCUT2D eigenvalue weighted by molar-refractivity contribution is 5.27. The summed E-state index contributed by atoms with van der Waals surface area (Å²) in [6, 6.07) is 8.73. The third kappa shape index (κ3) is 4.43. The normalized spacial score (nSPS) is 12.8. The maximum absolute atomic E-state index is 9.04. The van der Waals surface area contributed by atoms with Crippen molar-refractivity contribution in [3.05, 3.63) is 35.4 Å². The van der Waals surface area contributed by atoms with Crippen LogP contribution in [0.3, 0.4) is 0 Å². The van der Waals surface area contributed by atoms with Crippen LogP contribution < -0.4 is 5.32 Å². The van der Waals surface area contributed by atoms with Gasteiger partial charge in [-0.25, -0.2) is 0 Å². The van der Waals surface area contributed by atoms with Gasteiger partial charge in [0.2, 0.25) is 0 Å². The van der Waals surface area contributed by atoms with Crippen molar-refractivity contribution < 1.29 is 5.11 Å².